The summed E-state index contributed by atoms with van der Waals surface area (Å²) in [5.74, 6) is -0.456. The Bertz CT molecular complexity index is 311. The van der Waals surface area contributed by atoms with Gasteiger partial charge in [-0.25, -0.2) is 8.42 Å². The first-order chi connectivity index (χ1) is 6.41. The minimum absolute atomic E-state index is 0.456. The molecule has 0 unspecified atom stereocenters. The SMILES string of the molecule is CC(=O)O[C@H]1CCCC[C@H]1S(=O)(=O)Cl. The molecule has 0 aliphatic heterocycles. The van der Waals surface area contributed by atoms with Crippen molar-refractivity contribution in [1.29, 1.82) is 0 Å². The van der Waals surface area contributed by atoms with Crippen LogP contribution in [0.25, 0.3) is 0 Å². The van der Waals surface area contributed by atoms with E-state index in [2.05, 4.69) is 0 Å². The molecule has 0 amide bonds. The van der Waals surface area contributed by atoms with Crippen molar-refractivity contribution in [3.8, 4) is 0 Å². The summed E-state index contributed by atoms with van der Waals surface area (Å²) < 4.78 is 27.2. The van der Waals surface area contributed by atoms with Gasteiger partial charge in [-0.3, -0.25) is 4.79 Å². The van der Waals surface area contributed by atoms with Gasteiger partial charge < -0.3 is 4.74 Å². The van der Waals surface area contributed by atoms with Crippen LogP contribution in [0.1, 0.15) is 32.6 Å². The smallest absolute Gasteiger partial charge is 0.302 e. The van der Waals surface area contributed by atoms with E-state index in [-0.39, 0.29) is 0 Å². The number of rotatable bonds is 2. The number of carbonyl (C=O) groups is 1. The molecule has 0 aromatic rings. The Balaban J connectivity index is 2.74. The summed E-state index contributed by atoms with van der Waals surface area (Å²) in [6, 6.07) is 0. The van der Waals surface area contributed by atoms with Crippen LogP contribution in [0.15, 0.2) is 0 Å². The molecule has 1 saturated carbocycles. The van der Waals surface area contributed by atoms with Crippen LogP contribution in [-0.2, 0) is 18.6 Å². The number of hydrogen-bond acceptors (Lipinski definition) is 4. The molecule has 6 heteroatoms. The number of hydrogen-bond donors (Lipinski definition) is 0. The lowest BCUT2D eigenvalue weighted by Crippen LogP contribution is -2.37. The van der Waals surface area contributed by atoms with E-state index in [1.807, 2.05) is 0 Å². The lowest BCUT2D eigenvalue weighted by atomic mass is 9.97. The molecule has 0 radical (unpaired) electrons. The minimum Gasteiger partial charge on any atom is -0.461 e. The van der Waals surface area contributed by atoms with Gasteiger partial charge in [-0.2, -0.15) is 0 Å². The molecule has 0 aromatic carbocycles. The van der Waals surface area contributed by atoms with Gasteiger partial charge in [-0.05, 0) is 19.3 Å². The Hall–Kier alpha value is -0.290. The van der Waals surface area contributed by atoms with E-state index in [9.17, 15) is 13.2 Å². The molecule has 14 heavy (non-hydrogen) atoms. The molecule has 0 spiro atoms. The van der Waals surface area contributed by atoms with E-state index in [1.165, 1.54) is 6.92 Å². The lowest BCUT2D eigenvalue weighted by Gasteiger charge is -2.28. The first kappa shape index (κ1) is 11.8. The quantitative estimate of drug-likeness (QED) is 0.541. The zero-order valence-electron chi connectivity index (χ0n) is 7.90. The standard InChI is InChI=1S/C8H13ClO4S/c1-6(10)13-7-4-2-3-5-8(7)14(9,11)12/h7-8H,2-5H2,1H3/t7-,8+/m0/s1. The second-order valence-electron chi connectivity index (χ2n) is 3.45. The number of ether oxygens (including phenoxy) is 1. The van der Waals surface area contributed by atoms with Crippen LogP contribution in [0.5, 0.6) is 0 Å². The molecule has 1 rings (SSSR count). The van der Waals surface area contributed by atoms with Gasteiger partial charge >= 0.3 is 5.97 Å². The monoisotopic (exact) mass is 240 g/mol. The van der Waals surface area contributed by atoms with Crippen molar-refractivity contribution < 1.29 is 17.9 Å². The fraction of sp³-hybridized carbons (Fsp3) is 0.875. The van der Waals surface area contributed by atoms with Gasteiger partial charge in [-0.15, -0.1) is 0 Å². The van der Waals surface area contributed by atoms with Crippen molar-refractivity contribution in [2.75, 3.05) is 0 Å². The second-order valence-corrected chi connectivity index (χ2v) is 6.29. The second kappa shape index (κ2) is 4.49. The lowest BCUT2D eigenvalue weighted by molar-refractivity contribution is -0.147. The van der Waals surface area contributed by atoms with Crippen LogP contribution >= 0.6 is 10.7 Å². The third-order valence-electron chi connectivity index (χ3n) is 2.32. The first-order valence-corrected chi connectivity index (χ1v) is 6.89. The van der Waals surface area contributed by atoms with Crippen LogP contribution in [0.3, 0.4) is 0 Å². The highest BCUT2D eigenvalue weighted by atomic mass is 35.7. The Morgan fingerprint density at radius 1 is 1.36 bits per heavy atom. The van der Waals surface area contributed by atoms with Gasteiger partial charge in [-0.1, -0.05) is 6.42 Å². The average Bonchev–Trinajstić information content (AvgIpc) is 2.01. The van der Waals surface area contributed by atoms with Crippen molar-refractivity contribution in [1.82, 2.24) is 0 Å². The summed E-state index contributed by atoms with van der Waals surface area (Å²) in [5, 5.41) is -0.734. The maximum atomic E-state index is 11.2. The summed E-state index contributed by atoms with van der Waals surface area (Å²) in [5.41, 5.74) is 0. The molecule has 4 nitrogen and oxygen atoms in total. The van der Waals surface area contributed by atoms with Gasteiger partial charge in [0.15, 0.2) is 0 Å². The molecule has 0 saturated heterocycles. The Morgan fingerprint density at radius 3 is 2.43 bits per heavy atom. The molecule has 1 aliphatic carbocycles. The molecule has 0 aromatic heterocycles. The van der Waals surface area contributed by atoms with Crippen LogP contribution in [0.2, 0.25) is 0 Å². The van der Waals surface area contributed by atoms with Crippen molar-refractivity contribution in [2.45, 2.75) is 44.0 Å². The summed E-state index contributed by atoms with van der Waals surface area (Å²) in [7, 11) is 1.65. The Labute approximate surface area is 88.0 Å². The summed E-state index contributed by atoms with van der Waals surface area (Å²) in [4.78, 5) is 10.7. The highest BCUT2D eigenvalue weighted by Crippen LogP contribution is 2.28. The van der Waals surface area contributed by atoms with E-state index < -0.39 is 26.4 Å². The molecule has 2 atom stereocenters. The normalized spacial score (nSPS) is 28.4. The first-order valence-electron chi connectivity index (χ1n) is 4.52. The largest absolute Gasteiger partial charge is 0.461 e. The van der Waals surface area contributed by atoms with Gasteiger partial charge in [0.25, 0.3) is 0 Å². The molecular weight excluding hydrogens is 228 g/mol. The van der Waals surface area contributed by atoms with Crippen LogP contribution in [0.4, 0.5) is 0 Å². The van der Waals surface area contributed by atoms with Crippen molar-refractivity contribution in [3.05, 3.63) is 0 Å². The Morgan fingerprint density at radius 2 is 1.93 bits per heavy atom. The van der Waals surface area contributed by atoms with E-state index in [0.717, 1.165) is 12.8 Å². The van der Waals surface area contributed by atoms with Crippen LogP contribution in [-0.4, -0.2) is 25.7 Å². The fourth-order valence-corrected chi connectivity index (χ4v) is 3.35. The average molecular weight is 241 g/mol. The molecule has 0 heterocycles. The summed E-state index contributed by atoms with van der Waals surface area (Å²) >= 11 is 0. The minimum atomic E-state index is -3.63. The van der Waals surface area contributed by atoms with Crippen LogP contribution in [0, 0.1) is 0 Å². The van der Waals surface area contributed by atoms with Gasteiger partial charge in [0.1, 0.15) is 11.4 Å². The molecular formula is C8H13ClO4S. The van der Waals surface area contributed by atoms with Crippen molar-refractivity contribution >= 4 is 25.7 Å². The highest BCUT2D eigenvalue weighted by Gasteiger charge is 2.36. The van der Waals surface area contributed by atoms with Gasteiger partial charge in [0, 0.05) is 17.6 Å². The number of esters is 1. The third-order valence-corrected chi connectivity index (χ3v) is 4.27. The van der Waals surface area contributed by atoms with Crippen LogP contribution < -0.4 is 0 Å². The van der Waals surface area contributed by atoms with E-state index in [1.54, 1.807) is 0 Å². The maximum Gasteiger partial charge on any atom is 0.302 e. The highest BCUT2D eigenvalue weighted by molar-refractivity contribution is 8.14. The zero-order chi connectivity index (χ0) is 10.8. The van der Waals surface area contributed by atoms with Crippen molar-refractivity contribution in [2.24, 2.45) is 0 Å². The molecule has 0 bridgehead atoms. The van der Waals surface area contributed by atoms with E-state index in [0.29, 0.717) is 12.8 Å². The van der Waals surface area contributed by atoms with Crippen molar-refractivity contribution in [3.63, 3.8) is 0 Å². The molecule has 1 aliphatic rings. The molecule has 0 N–H and O–H groups in total. The number of halogens is 1. The van der Waals surface area contributed by atoms with E-state index >= 15 is 0 Å². The number of carbonyl (C=O) groups excluding carboxylic acids is 1. The Kier molecular flexibility index (Phi) is 3.78. The van der Waals surface area contributed by atoms with Gasteiger partial charge in [0.05, 0.1) is 0 Å². The predicted octanol–water partition coefficient (Wildman–Crippen LogP) is 1.43. The predicted molar refractivity (Wildman–Crippen MR) is 52.6 cm³/mol. The topological polar surface area (TPSA) is 60.4 Å². The molecule has 1 fully saturated rings. The summed E-state index contributed by atoms with van der Waals surface area (Å²) in [6.07, 6.45) is 2.18. The maximum absolute atomic E-state index is 11.2. The van der Waals surface area contributed by atoms with E-state index in [4.69, 9.17) is 15.4 Å². The van der Waals surface area contributed by atoms with Gasteiger partial charge in [0.2, 0.25) is 9.05 Å². The zero-order valence-corrected chi connectivity index (χ0v) is 9.47. The third kappa shape index (κ3) is 3.13. The fourth-order valence-electron chi connectivity index (χ4n) is 1.73. The molecule has 82 valence electrons. The summed E-state index contributed by atoms with van der Waals surface area (Å²) in [6.45, 7) is 1.27.